The molecule has 0 aromatic carbocycles. The highest BCUT2D eigenvalue weighted by molar-refractivity contribution is 5.90. The highest BCUT2D eigenvalue weighted by Crippen LogP contribution is 2.32. The minimum Gasteiger partial charge on any atom is -0.481 e. The number of hydrogen-bond donors (Lipinski definition) is 2. The van der Waals surface area contributed by atoms with Gasteiger partial charge in [0.15, 0.2) is 0 Å². The van der Waals surface area contributed by atoms with Crippen molar-refractivity contribution in [1.82, 2.24) is 10.2 Å². The number of carboxylic acids is 1. The lowest BCUT2D eigenvalue weighted by Crippen LogP contribution is -2.49. The summed E-state index contributed by atoms with van der Waals surface area (Å²) in [7, 11) is 0. The Kier molecular flexibility index (Phi) is 5.98. The third kappa shape index (κ3) is 3.71. The zero-order valence-corrected chi connectivity index (χ0v) is 12.4. The lowest BCUT2D eigenvalue weighted by molar-refractivity contribution is -0.146. The maximum absolute atomic E-state index is 12.1. The average molecular weight is 284 g/mol. The predicted octanol–water partition coefficient (Wildman–Crippen LogP) is 0.860. The van der Waals surface area contributed by atoms with Crippen LogP contribution in [0.2, 0.25) is 0 Å². The molecule has 0 bridgehead atoms. The first kappa shape index (κ1) is 16.5. The van der Waals surface area contributed by atoms with E-state index in [2.05, 4.69) is 5.32 Å². The van der Waals surface area contributed by atoms with E-state index in [1.807, 2.05) is 13.8 Å². The van der Waals surface area contributed by atoms with E-state index in [1.165, 1.54) is 0 Å². The smallest absolute Gasteiger partial charge is 0.307 e. The van der Waals surface area contributed by atoms with E-state index in [0.717, 1.165) is 6.42 Å². The molecule has 1 rings (SSSR count). The van der Waals surface area contributed by atoms with E-state index in [4.69, 9.17) is 5.11 Å². The van der Waals surface area contributed by atoms with Gasteiger partial charge in [-0.2, -0.15) is 0 Å². The van der Waals surface area contributed by atoms with Gasteiger partial charge in [-0.3, -0.25) is 14.4 Å². The Bertz CT molecular complexity index is 379. The minimum absolute atomic E-state index is 0.131. The van der Waals surface area contributed by atoms with Crippen LogP contribution in [0.5, 0.6) is 0 Å². The molecule has 1 saturated carbocycles. The summed E-state index contributed by atoms with van der Waals surface area (Å²) in [6.45, 7) is 6.59. The zero-order chi connectivity index (χ0) is 15.3. The van der Waals surface area contributed by atoms with Crippen LogP contribution < -0.4 is 5.32 Å². The lowest BCUT2D eigenvalue weighted by atomic mass is 9.95. The predicted molar refractivity (Wildman–Crippen MR) is 74.0 cm³/mol. The first-order valence-corrected chi connectivity index (χ1v) is 7.24. The van der Waals surface area contributed by atoms with Gasteiger partial charge in [0.25, 0.3) is 0 Å². The molecular formula is C14H24N2O4. The van der Waals surface area contributed by atoms with Crippen LogP contribution in [0.3, 0.4) is 0 Å². The highest BCUT2D eigenvalue weighted by Gasteiger charge is 2.38. The topological polar surface area (TPSA) is 86.7 Å². The third-order valence-electron chi connectivity index (χ3n) is 3.97. The molecule has 6 heteroatoms. The van der Waals surface area contributed by atoms with Crippen molar-refractivity contribution < 1.29 is 19.5 Å². The fraction of sp³-hybridized carbons (Fsp3) is 0.786. The molecule has 0 aromatic heterocycles. The number of likely N-dealkylation sites (N-methyl/N-ethyl adjacent to an activating group) is 1. The number of amides is 2. The number of carboxylic acid groups (broad SMARTS) is 1. The van der Waals surface area contributed by atoms with Crippen LogP contribution in [0.1, 0.15) is 40.0 Å². The van der Waals surface area contributed by atoms with E-state index in [0.29, 0.717) is 25.9 Å². The molecule has 0 heterocycles. The standard InChI is InChI=1S/C14H24N2O4/c1-4-16(5-2)13(18)9(3)15-12(17)10-7-6-8-11(10)14(19)20/h9-11H,4-8H2,1-3H3,(H,15,17)(H,19,20). The van der Waals surface area contributed by atoms with Gasteiger partial charge in [0.05, 0.1) is 11.8 Å². The number of carbonyl (C=O) groups is 3. The Morgan fingerprint density at radius 2 is 1.75 bits per heavy atom. The molecule has 0 aliphatic heterocycles. The first-order chi connectivity index (χ1) is 9.42. The summed E-state index contributed by atoms with van der Waals surface area (Å²) in [5.41, 5.74) is 0. The Labute approximate surface area is 119 Å². The maximum Gasteiger partial charge on any atom is 0.307 e. The zero-order valence-electron chi connectivity index (χ0n) is 12.4. The van der Waals surface area contributed by atoms with Gasteiger partial charge in [-0.25, -0.2) is 0 Å². The summed E-state index contributed by atoms with van der Waals surface area (Å²) in [5.74, 6) is -2.51. The molecule has 3 atom stereocenters. The highest BCUT2D eigenvalue weighted by atomic mass is 16.4. The molecule has 3 unspecified atom stereocenters. The molecule has 1 aliphatic carbocycles. The SMILES string of the molecule is CCN(CC)C(=O)C(C)NC(=O)C1CCCC1C(=O)O. The van der Waals surface area contributed by atoms with Gasteiger partial charge >= 0.3 is 5.97 Å². The normalized spacial score (nSPS) is 23.1. The number of rotatable bonds is 6. The Morgan fingerprint density at radius 3 is 2.25 bits per heavy atom. The van der Waals surface area contributed by atoms with Gasteiger partial charge in [0.1, 0.15) is 6.04 Å². The molecule has 114 valence electrons. The second-order valence-electron chi connectivity index (χ2n) is 5.22. The van der Waals surface area contributed by atoms with E-state index in [1.54, 1.807) is 11.8 Å². The number of nitrogens with zero attached hydrogens (tertiary/aromatic N) is 1. The van der Waals surface area contributed by atoms with Gasteiger partial charge in [-0.15, -0.1) is 0 Å². The summed E-state index contributed by atoms with van der Waals surface area (Å²) in [6, 6.07) is -0.613. The van der Waals surface area contributed by atoms with Crippen LogP contribution in [0.25, 0.3) is 0 Å². The molecular weight excluding hydrogens is 260 g/mol. The summed E-state index contributed by atoms with van der Waals surface area (Å²) >= 11 is 0. The largest absolute Gasteiger partial charge is 0.481 e. The lowest BCUT2D eigenvalue weighted by Gasteiger charge is -2.25. The van der Waals surface area contributed by atoms with Crippen molar-refractivity contribution in [2.24, 2.45) is 11.8 Å². The van der Waals surface area contributed by atoms with Crippen LogP contribution in [-0.2, 0) is 14.4 Å². The van der Waals surface area contributed by atoms with E-state index >= 15 is 0 Å². The molecule has 0 aromatic rings. The van der Waals surface area contributed by atoms with Gasteiger partial charge in [0.2, 0.25) is 11.8 Å². The Balaban J connectivity index is 2.61. The summed E-state index contributed by atoms with van der Waals surface area (Å²) in [5, 5.41) is 11.7. The fourth-order valence-corrected chi connectivity index (χ4v) is 2.76. The fourth-order valence-electron chi connectivity index (χ4n) is 2.76. The van der Waals surface area contributed by atoms with Crippen LogP contribution in [-0.4, -0.2) is 46.9 Å². The van der Waals surface area contributed by atoms with Crippen molar-refractivity contribution in [1.29, 1.82) is 0 Å². The Hall–Kier alpha value is -1.59. The van der Waals surface area contributed by atoms with Gasteiger partial charge in [-0.05, 0) is 33.6 Å². The van der Waals surface area contributed by atoms with Crippen LogP contribution in [0.4, 0.5) is 0 Å². The van der Waals surface area contributed by atoms with E-state index in [9.17, 15) is 14.4 Å². The molecule has 1 fully saturated rings. The summed E-state index contributed by atoms with van der Waals surface area (Å²) < 4.78 is 0. The Morgan fingerprint density at radius 1 is 1.20 bits per heavy atom. The van der Waals surface area contributed by atoms with Crippen molar-refractivity contribution in [2.75, 3.05) is 13.1 Å². The number of carbonyl (C=O) groups excluding carboxylic acids is 2. The van der Waals surface area contributed by atoms with E-state index in [-0.39, 0.29) is 11.8 Å². The molecule has 2 amide bonds. The number of nitrogens with one attached hydrogen (secondary N) is 1. The van der Waals surface area contributed by atoms with Crippen molar-refractivity contribution >= 4 is 17.8 Å². The van der Waals surface area contributed by atoms with Crippen molar-refractivity contribution in [2.45, 2.75) is 46.1 Å². The molecule has 2 N–H and O–H groups in total. The van der Waals surface area contributed by atoms with Gasteiger partial charge < -0.3 is 15.3 Å². The van der Waals surface area contributed by atoms with Crippen LogP contribution >= 0.6 is 0 Å². The minimum atomic E-state index is -0.926. The monoisotopic (exact) mass is 284 g/mol. The molecule has 1 aliphatic rings. The van der Waals surface area contributed by atoms with Gasteiger partial charge in [-0.1, -0.05) is 6.42 Å². The maximum atomic E-state index is 12.1. The van der Waals surface area contributed by atoms with Gasteiger partial charge in [0, 0.05) is 13.1 Å². The third-order valence-corrected chi connectivity index (χ3v) is 3.97. The molecule has 20 heavy (non-hydrogen) atoms. The van der Waals surface area contributed by atoms with E-state index < -0.39 is 23.8 Å². The molecule has 0 radical (unpaired) electrons. The molecule has 0 saturated heterocycles. The molecule has 0 spiro atoms. The number of aliphatic carboxylic acids is 1. The quantitative estimate of drug-likeness (QED) is 0.757. The van der Waals surface area contributed by atoms with Crippen LogP contribution in [0, 0.1) is 11.8 Å². The van der Waals surface area contributed by atoms with Crippen molar-refractivity contribution in [3.63, 3.8) is 0 Å². The average Bonchev–Trinajstić information content (AvgIpc) is 2.89. The summed E-state index contributed by atoms with van der Waals surface area (Å²) in [6.07, 6.45) is 1.86. The summed E-state index contributed by atoms with van der Waals surface area (Å²) in [4.78, 5) is 36.9. The first-order valence-electron chi connectivity index (χ1n) is 7.24. The number of hydrogen-bond acceptors (Lipinski definition) is 3. The second-order valence-corrected chi connectivity index (χ2v) is 5.22. The van der Waals surface area contributed by atoms with Crippen LogP contribution in [0.15, 0.2) is 0 Å². The molecule has 6 nitrogen and oxygen atoms in total. The van der Waals surface area contributed by atoms with Crippen molar-refractivity contribution in [3.05, 3.63) is 0 Å². The van der Waals surface area contributed by atoms with Crippen molar-refractivity contribution in [3.8, 4) is 0 Å². The second kappa shape index (κ2) is 7.26.